The molecule has 4 heteroatoms. The molecule has 1 aliphatic carbocycles. The molecule has 2 heterocycles. The molecule has 1 aliphatic heterocycles. The molecule has 2 aliphatic rings. The fourth-order valence-corrected chi connectivity index (χ4v) is 2.34. The van der Waals surface area contributed by atoms with Gasteiger partial charge < -0.3 is 10.2 Å². The van der Waals surface area contributed by atoms with E-state index in [1.165, 1.54) is 19.3 Å². The van der Waals surface area contributed by atoms with Crippen molar-refractivity contribution >= 4 is 11.7 Å². The molecule has 3 rings (SSSR count). The summed E-state index contributed by atoms with van der Waals surface area (Å²) in [5.41, 5.74) is 0.546. The molecule has 96 valence electrons. The van der Waals surface area contributed by atoms with E-state index in [1.807, 2.05) is 12.1 Å². The molecular weight excluding hydrogens is 226 g/mol. The maximum atomic E-state index is 11.9. The molecular formula is C14H19N3O. The minimum atomic E-state index is -0.0311. The third-order valence-corrected chi connectivity index (χ3v) is 3.56. The molecule has 2 fully saturated rings. The fourth-order valence-electron chi connectivity index (χ4n) is 2.34. The van der Waals surface area contributed by atoms with Gasteiger partial charge in [0.2, 0.25) is 0 Å². The number of aromatic nitrogens is 1. The lowest BCUT2D eigenvalue weighted by Gasteiger charge is -2.27. The Morgan fingerprint density at radius 2 is 2.00 bits per heavy atom. The zero-order chi connectivity index (χ0) is 12.4. The van der Waals surface area contributed by atoms with Crippen molar-refractivity contribution in [3.05, 3.63) is 23.9 Å². The highest BCUT2D eigenvalue weighted by Crippen LogP contribution is 2.20. The highest BCUT2D eigenvalue weighted by atomic mass is 16.2. The molecule has 1 aromatic heterocycles. The summed E-state index contributed by atoms with van der Waals surface area (Å²) in [7, 11) is 0. The van der Waals surface area contributed by atoms with E-state index in [0.717, 1.165) is 31.7 Å². The number of amides is 1. The van der Waals surface area contributed by atoms with Crippen molar-refractivity contribution in [1.82, 2.24) is 10.3 Å². The molecule has 18 heavy (non-hydrogen) atoms. The molecule has 0 unspecified atom stereocenters. The maximum absolute atomic E-state index is 11.9. The number of nitrogens with one attached hydrogen (secondary N) is 1. The van der Waals surface area contributed by atoms with Gasteiger partial charge in [-0.25, -0.2) is 4.98 Å². The van der Waals surface area contributed by atoms with Gasteiger partial charge in [-0.05, 0) is 44.2 Å². The van der Waals surface area contributed by atoms with Crippen molar-refractivity contribution in [3.8, 4) is 0 Å². The lowest BCUT2D eigenvalue weighted by atomic mass is 10.1. The van der Waals surface area contributed by atoms with Gasteiger partial charge in [-0.3, -0.25) is 4.79 Å². The third kappa shape index (κ3) is 2.63. The first kappa shape index (κ1) is 11.5. The number of rotatable bonds is 3. The highest BCUT2D eigenvalue weighted by Gasteiger charge is 2.24. The molecule has 1 saturated carbocycles. The van der Waals surface area contributed by atoms with Gasteiger partial charge in [-0.15, -0.1) is 0 Å². The first-order valence-corrected chi connectivity index (χ1v) is 6.86. The lowest BCUT2D eigenvalue weighted by Crippen LogP contribution is -2.31. The van der Waals surface area contributed by atoms with Crippen molar-refractivity contribution < 1.29 is 4.79 Å². The van der Waals surface area contributed by atoms with Gasteiger partial charge in [0, 0.05) is 19.1 Å². The number of hydrogen-bond acceptors (Lipinski definition) is 3. The monoisotopic (exact) mass is 245 g/mol. The van der Waals surface area contributed by atoms with Crippen molar-refractivity contribution in [3.63, 3.8) is 0 Å². The van der Waals surface area contributed by atoms with Crippen molar-refractivity contribution in [1.29, 1.82) is 0 Å². The van der Waals surface area contributed by atoms with Crippen LogP contribution in [0.2, 0.25) is 0 Å². The Kier molecular flexibility index (Phi) is 3.17. The van der Waals surface area contributed by atoms with E-state index in [4.69, 9.17) is 0 Å². The number of piperidine rings is 1. The van der Waals surface area contributed by atoms with E-state index < -0.39 is 0 Å². The molecule has 1 aromatic rings. The smallest absolute Gasteiger partial charge is 0.270 e. The predicted molar refractivity (Wildman–Crippen MR) is 70.8 cm³/mol. The van der Waals surface area contributed by atoms with Gasteiger partial charge in [-0.2, -0.15) is 0 Å². The Hall–Kier alpha value is -1.58. The van der Waals surface area contributed by atoms with Crippen LogP contribution in [0.15, 0.2) is 18.2 Å². The number of anilines is 1. The summed E-state index contributed by atoms with van der Waals surface area (Å²) in [6.45, 7) is 2.11. The van der Waals surface area contributed by atoms with E-state index in [0.29, 0.717) is 11.7 Å². The zero-order valence-corrected chi connectivity index (χ0v) is 10.6. The Morgan fingerprint density at radius 3 is 2.72 bits per heavy atom. The predicted octanol–water partition coefficient (Wildman–Crippen LogP) is 1.96. The summed E-state index contributed by atoms with van der Waals surface area (Å²) < 4.78 is 0. The largest absolute Gasteiger partial charge is 0.357 e. The first-order chi connectivity index (χ1) is 8.83. The lowest BCUT2D eigenvalue weighted by molar-refractivity contribution is 0.0946. The van der Waals surface area contributed by atoms with Gasteiger partial charge in [0.1, 0.15) is 11.5 Å². The number of hydrogen-bond donors (Lipinski definition) is 1. The molecule has 1 saturated heterocycles. The molecule has 0 aromatic carbocycles. The van der Waals surface area contributed by atoms with Crippen LogP contribution in [-0.4, -0.2) is 30.0 Å². The second-order valence-corrected chi connectivity index (χ2v) is 5.18. The summed E-state index contributed by atoms with van der Waals surface area (Å²) in [6, 6.07) is 6.11. The minimum absolute atomic E-state index is 0.0311. The summed E-state index contributed by atoms with van der Waals surface area (Å²) in [6.07, 6.45) is 5.97. The molecule has 0 atom stereocenters. The van der Waals surface area contributed by atoms with E-state index in [1.54, 1.807) is 6.07 Å². The van der Waals surface area contributed by atoms with Crippen LogP contribution in [-0.2, 0) is 0 Å². The highest BCUT2D eigenvalue weighted by molar-refractivity contribution is 5.93. The zero-order valence-electron chi connectivity index (χ0n) is 10.6. The third-order valence-electron chi connectivity index (χ3n) is 3.56. The average Bonchev–Trinajstić information content (AvgIpc) is 3.24. The van der Waals surface area contributed by atoms with Crippen LogP contribution >= 0.6 is 0 Å². The number of carbonyl (C=O) groups excluding carboxylic acids is 1. The van der Waals surface area contributed by atoms with Crippen LogP contribution in [0.25, 0.3) is 0 Å². The average molecular weight is 245 g/mol. The van der Waals surface area contributed by atoms with Crippen LogP contribution in [0.1, 0.15) is 42.6 Å². The van der Waals surface area contributed by atoms with Crippen LogP contribution in [0.3, 0.4) is 0 Å². The van der Waals surface area contributed by atoms with Gasteiger partial charge in [0.25, 0.3) is 5.91 Å². The molecule has 0 bridgehead atoms. The van der Waals surface area contributed by atoms with Gasteiger partial charge in [0.15, 0.2) is 0 Å². The molecule has 1 amide bonds. The molecule has 0 radical (unpaired) electrons. The number of nitrogens with zero attached hydrogens (tertiary/aromatic N) is 2. The van der Waals surface area contributed by atoms with E-state index in [2.05, 4.69) is 15.2 Å². The van der Waals surface area contributed by atoms with Crippen molar-refractivity contribution in [2.24, 2.45) is 0 Å². The van der Waals surface area contributed by atoms with E-state index in [-0.39, 0.29) is 5.91 Å². The van der Waals surface area contributed by atoms with Crippen molar-refractivity contribution in [2.75, 3.05) is 18.0 Å². The normalized spacial score (nSPS) is 19.7. The topological polar surface area (TPSA) is 45.2 Å². The molecule has 4 nitrogen and oxygen atoms in total. The van der Waals surface area contributed by atoms with Crippen LogP contribution in [0, 0.1) is 0 Å². The SMILES string of the molecule is O=C(NC1CC1)c1cccc(N2CCCCC2)n1. The number of pyridine rings is 1. The Morgan fingerprint density at radius 1 is 1.22 bits per heavy atom. The summed E-state index contributed by atoms with van der Waals surface area (Å²) in [5.74, 6) is 0.912. The van der Waals surface area contributed by atoms with E-state index in [9.17, 15) is 4.79 Å². The van der Waals surface area contributed by atoms with E-state index >= 15 is 0 Å². The Labute approximate surface area is 107 Å². The molecule has 0 spiro atoms. The van der Waals surface area contributed by atoms with Gasteiger partial charge >= 0.3 is 0 Å². The Balaban J connectivity index is 1.72. The van der Waals surface area contributed by atoms with Gasteiger partial charge in [0.05, 0.1) is 0 Å². The quantitative estimate of drug-likeness (QED) is 0.885. The van der Waals surface area contributed by atoms with Crippen LogP contribution < -0.4 is 10.2 Å². The summed E-state index contributed by atoms with van der Waals surface area (Å²) in [4.78, 5) is 18.7. The van der Waals surface area contributed by atoms with Crippen LogP contribution in [0.4, 0.5) is 5.82 Å². The minimum Gasteiger partial charge on any atom is -0.357 e. The number of carbonyl (C=O) groups is 1. The Bertz CT molecular complexity index is 436. The second-order valence-electron chi connectivity index (χ2n) is 5.18. The standard InChI is InChI=1S/C14H19N3O/c18-14(15-11-7-8-11)12-5-4-6-13(16-12)17-9-2-1-3-10-17/h4-6,11H,1-3,7-10H2,(H,15,18). The maximum Gasteiger partial charge on any atom is 0.270 e. The molecule has 1 N–H and O–H groups in total. The van der Waals surface area contributed by atoms with Crippen LogP contribution in [0.5, 0.6) is 0 Å². The fraction of sp³-hybridized carbons (Fsp3) is 0.571. The summed E-state index contributed by atoms with van der Waals surface area (Å²) in [5, 5.41) is 2.98. The second kappa shape index (κ2) is 4.96. The van der Waals surface area contributed by atoms with Crippen molar-refractivity contribution in [2.45, 2.75) is 38.1 Å². The van der Waals surface area contributed by atoms with Gasteiger partial charge in [-0.1, -0.05) is 6.07 Å². The first-order valence-electron chi connectivity index (χ1n) is 6.86. The summed E-state index contributed by atoms with van der Waals surface area (Å²) >= 11 is 0.